The third kappa shape index (κ3) is 3.05. The van der Waals surface area contributed by atoms with E-state index in [-0.39, 0.29) is 11.5 Å². The van der Waals surface area contributed by atoms with Crippen molar-refractivity contribution < 1.29 is 9.90 Å². The second-order valence-corrected chi connectivity index (χ2v) is 7.15. The van der Waals surface area contributed by atoms with Gasteiger partial charge in [-0.05, 0) is 42.0 Å². The van der Waals surface area contributed by atoms with Crippen LogP contribution in [0.15, 0.2) is 53.3 Å². The first-order valence-corrected chi connectivity index (χ1v) is 9.12. The summed E-state index contributed by atoms with van der Waals surface area (Å²) in [5.41, 5.74) is 2.61. The van der Waals surface area contributed by atoms with Crippen molar-refractivity contribution in [2.45, 2.75) is 38.1 Å². The standard InChI is InChI=1S/C21H22N2O3/c24-20-17-7-3-4-8-18(17)22-23(20)13-14-9-11-16(12-10-14)19(21(25)26)15-5-1-2-6-15/h3-4,7-12,15,19,22H,1-2,5-6,13H2,(H,25,26). The zero-order chi connectivity index (χ0) is 18.1. The van der Waals surface area contributed by atoms with Crippen LogP contribution in [-0.2, 0) is 11.3 Å². The quantitative estimate of drug-likeness (QED) is 0.736. The van der Waals surface area contributed by atoms with Gasteiger partial charge in [0, 0.05) is 0 Å². The molecule has 0 bridgehead atoms. The van der Waals surface area contributed by atoms with E-state index in [2.05, 4.69) is 5.10 Å². The van der Waals surface area contributed by atoms with Crippen LogP contribution in [0.4, 0.5) is 0 Å². The van der Waals surface area contributed by atoms with Gasteiger partial charge in [0.25, 0.3) is 5.56 Å². The number of hydrogen-bond donors (Lipinski definition) is 2. The van der Waals surface area contributed by atoms with Crippen LogP contribution in [0.2, 0.25) is 0 Å². The van der Waals surface area contributed by atoms with Gasteiger partial charge in [-0.3, -0.25) is 14.7 Å². The van der Waals surface area contributed by atoms with E-state index in [4.69, 9.17) is 0 Å². The highest BCUT2D eigenvalue weighted by Crippen LogP contribution is 2.37. The largest absolute Gasteiger partial charge is 0.481 e. The number of hydrogen-bond acceptors (Lipinski definition) is 2. The number of nitrogens with zero attached hydrogens (tertiary/aromatic N) is 1. The minimum Gasteiger partial charge on any atom is -0.481 e. The van der Waals surface area contributed by atoms with Gasteiger partial charge < -0.3 is 5.11 Å². The topological polar surface area (TPSA) is 75.1 Å². The van der Waals surface area contributed by atoms with Crippen LogP contribution in [-0.4, -0.2) is 20.9 Å². The van der Waals surface area contributed by atoms with Crippen molar-refractivity contribution in [3.63, 3.8) is 0 Å². The van der Waals surface area contributed by atoms with Crippen molar-refractivity contribution in [1.29, 1.82) is 0 Å². The van der Waals surface area contributed by atoms with E-state index in [9.17, 15) is 14.7 Å². The summed E-state index contributed by atoms with van der Waals surface area (Å²) in [6, 6.07) is 15.1. The zero-order valence-electron chi connectivity index (χ0n) is 14.5. The zero-order valence-corrected chi connectivity index (χ0v) is 14.5. The van der Waals surface area contributed by atoms with Gasteiger partial charge in [-0.15, -0.1) is 0 Å². The normalized spacial score (nSPS) is 16.2. The molecular weight excluding hydrogens is 328 g/mol. The highest BCUT2D eigenvalue weighted by Gasteiger charge is 2.31. The van der Waals surface area contributed by atoms with Crippen molar-refractivity contribution in [3.8, 4) is 0 Å². The lowest BCUT2D eigenvalue weighted by Gasteiger charge is -2.19. The Labute approximate surface area is 151 Å². The first kappa shape index (κ1) is 16.6. The molecule has 1 unspecified atom stereocenters. The van der Waals surface area contributed by atoms with Crippen LogP contribution in [0.1, 0.15) is 42.7 Å². The summed E-state index contributed by atoms with van der Waals surface area (Å²) in [5.74, 6) is -0.937. The van der Waals surface area contributed by atoms with E-state index in [0.29, 0.717) is 11.9 Å². The highest BCUT2D eigenvalue weighted by molar-refractivity contribution is 5.77. The average Bonchev–Trinajstić information content (AvgIpc) is 3.26. The minimum atomic E-state index is -0.739. The van der Waals surface area contributed by atoms with Gasteiger partial charge in [0.1, 0.15) is 0 Å². The maximum absolute atomic E-state index is 12.4. The van der Waals surface area contributed by atoms with E-state index in [1.165, 1.54) is 0 Å². The predicted molar refractivity (Wildman–Crippen MR) is 100 cm³/mol. The third-order valence-corrected chi connectivity index (χ3v) is 5.47. The molecule has 2 N–H and O–H groups in total. The summed E-state index contributed by atoms with van der Waals surface area (Å²) < 4.78 is 1.59. The van der Waals surface area contributed by atoms with Gasteiger partial charge in [-0.2, -0.15) is 0 Å². The summed E-state index contributed by atoms with van der Waals surface area (Å²) in [6.07, 6.45) is 4.22. The number of carbonyl (C=O) groups is 1. The second kappa shape index (κ2) is 6.83. The molecule has 0 spiro atoms. The molecule has 3 aromatic rings. The second-order valence-electron chi connectivity index (χ2n) is 7.15. The summed E-state index contributed by atoms with van der Waals surface area (Å²) >= 11 is 0. The number of H-pyrrole nitrogens is 1. The lowest BCUT2D eigenvalue weighted by molar-refractivity contribution is -0.140. The highest BCUT2D eigenvalue weighted by atomic mass is 16.4. The summed E-state index contributed by atoms with van der Waals surface area (Å²) in [4.78, 5) is 24.2. The summed E-state index contributed by atoms with van der Waals surface area (Å²) in [7, 11) is 0. The van der Waals surface area contributed by atoms with Crippen molar-refractivity contribution in [3.05, 3.63) is 70.0 Å². The molecule has 2 aromatic carbocycles. The molecule has 1 fully saturated rings. The van der Waals surface area contributed by atoms with Crippen LogP contribution < -0.4 is 5.56 Å². The molecule has 0 radical (unpaired) electrons. The Morgan fingerprint density at radius 1 is 1.12 bits per heavy atom. The van der Waals surface area contributed by atoms with Crippen LogP contribution >= 0.6 is 0 Å². The number of aliphatic carboxylic acids is 1. The Kier molecular flexibility index (Phi) is 4.37. The number of carboxylic acids is 1. The smallest absolute Gasteiger partial charge is 0.311 e. The maximum Gasteiger partial charge on any atom is 0.311 e. The molecule has 1 aliphatic carbocycles. The molecule has 1 atom stereocenters. The number of aromatic nitrogens is 2. The Balaban J connectivity index is 1.58. The van der Waals surface area contributed by atoms with Gasteiger partial charge in [0.05, 0.1) is 23.4 Å². The predicted octanol–water partition coefficient (Wildman–Crippen LogP) is 3.74. The van der Waals surface area contributed by atoms with E-state index in [1.54, 1.807) is 4.68 Å². The first-order chi connectivity index (χ1) is 12.6. The first-order valence-electron chi connectivity index (χ1n) is 9.12. The van der Waals surface area contributed by atoms with Gasteiger partial charge in [-0.1, -0.05) is 49.2 Å². The third-order valence-electron chi connectivity index (χ3n) is 5.47. The minimum absolute atomic E-state index is 0.0426. The van der Waals surface area contributed by atoms with Crippen molar-refractivity contribution in [2.75, 3.05) is 0 Å². The van der Waals surface area contributed by atoms with Crippen molar-refractivity contribution in [1.82, 2.24) is 9.78 Å². The molecule has 0 saturated heterocycles. The lowest BCUT2D eigenvalue weighted by Crippen LogP contribution is -2.20. The molecule has 1 heterocycles. The fourth-order valence-corrected chi connectivity index (χ4v) is 4.14. The molecule has 0 amide bonds. The Bertz CT molecular complexity index is 978. The number of carboxylic acid groups (broad SMARTS) is 1. The fourth-order valence-electron chi connectivity index (χ4n) is 4.14. The molecule has 26 heavy (non-hydrogen) atoms. The van der Waals surface area contributed by atoms with Crippen LogP contribution in [0, 0.1) is 5.92 Å². The molecule has 0 aliphatic heterocycles. The molecule has 1 aliphatic rings. The average molecular weight is 350 g/mol. The number of fused-ring (bicyclic) bond motifs is 1. The number of aromatic amines is 1. The molecule has 5 heteroatoms. The number of para-hydroxylation sites is 1. The van der Waals surface area contributed by atoms with Gasteiger partial charge in [0.2, 0.25) is 0 Å². The van der Waals surface area contributed by atoms with Crippen molar-refractivity contribution in [2.24, 2.45) is 5.92 Å². The molecular formula is C21H22N2O3. The molecule has 1 aromatic heterocycles. The Morgan fingerprint density at radius 2 is 1.81 bits per heavy atom. The lowest BCUT2D eigenvalue weighted by atomic mass is 9.84. The summed E-state index contributed by atoms with van der Waals surface area (Å²) in [6.45, 7) is 0.439. The molecule has 134 valence electrons. The van der Waals surface area contributed by atoms with E-state index < -0.39 is 11.9 Å². The molecule has 1 saturated carbocycles. The molecule has 5 nitrogen and oxygen atoms in total. The SMILES string of the molecule is O=C(O)C(c1ccc(Cn2[nH]c3ccccc3c2=O)cc1)C1CCCC1. The van der Waals surface area contributed by atoms with Gasteiger partial charge >= 0.3 is 5.97 Å². The van der Waals surface area contributed by atoms with E-state index in [0.717, 1.165) is 42.3 Å². The van der Waals surface area contributed by atoms with Crippen LogP contribution in [0.25, 0.3) is 10.9 Å². The van der Waals surface area contributed by atoms with E-state index >= 15 is 0 Å². The Morgan fingerprint density at radius 3 is 2.46 bits per heavy atom. The molecule has 4 rings (SSSR count). The van der Waals surface area contributed by atoms with Crippen molar-refractivity contribution >= 4 is 16.9 Å². The number of benzene rings is 2. The maximum atomic E-state index is 12.4. The fraction of sp³-hybridized carbons (Fsp3) is 0.333. The summed E-state index contributed by atoms with van der Waals surface area (Å²) in [5, 5.41) is 13.5. The number of rotatable bonds is 5. The van der Waals surface area contributed by atoms with E-state index in [1.807, 2.05) is 48.5 Å². The van der Waals surface area contributed by atoms with Crippen LogP contribution in [0.3, 0.4) is 0 Å². The van der Waals surface area contributed by atoms with Gasteiger partial charge in [0.15, 0.2) is 0 Å². The number of nitrogens with one attached hydrogen (secondary N) is 1. The van der Waals surface area contributed by atoms with Crippen LogP contribution in [0.5, 0.6) is 0 Å². The van der Waals surface area contributed by atoms with Gasteiger partial charge in [-0.25, -0.2) is 4.68 Å². The monoisotopic (exact) mass is 350 g/mol. The Hall–Kier alpha value is -2.82.